The van der Waals surface area contributed by atoms with Crippen LogP contribution in [0.2, 0.25) is 0 Å². The van der Waals surface area contributed by atoms with Crippen molar-refractivity contribution in [1.29, 1.82) is 0 Å². The van der Waals surface area contributed by atoms with Crippen molar-refractivity contribution in [2.24, 2.45) is 5.92 Å². The summed E-state index contributed by atoms with van der Waals surface area (Å²) in [7, 11) is 0. The van der Waals surface area contributed by atoms with Gasteiger partial charge >= 0.3 is 0 Å². The van der Waals surface area contributed by atoms with Gasteiger partial charge in [0.2, 0.25) is 5.91 Å². The van der Waals surface area contributed by atoms with E-state index in [9.17, 15) is 9.18 Å². The third kappa shape index (κ3) is 2.53. The topological polar surface area (TPSA) is 32.3 Å². The van der Waals surface area contributed by atoms with Gasteiger partial charge < -0.3 is 4.90 Å². The van der Waals surface area contributed by atoms with Crippen molar-refractivity contribution < 1.29 is 9.18 Å². The number of carbonyl (C=O) groups is 1. The second kappa shape index (κ2) is 5.48. The van der Waals surface area contributed by atoms with E-state index in [4.69, 9.17) is 0 Å². The zero-order chi connectivity index (χ0) is 13.1. The minimum absolute atomic E-state index is 0.0450. The Morgan fingerprint density at radius 2 is 2.22 bits per heavy atom. The molecule has 1 saturated heterocycles. The van der Waals surface area contributed by atoms with Gasteiger partial charge in [-0.2, -0.15) is 0 Å². The van der Waals surface area contributed by atoms with Crippen molar-refractivity contribution in [2.45, 2.75) is 26.4 Å². The van der Waals surface area contributed by atoms with Crippen LogP contribution in [0.25, 0.3) is 0 Å². The summed E-state index contributed by atoms with van der Waals surface area (Å²) in [6.07, 6.45) is 0.682. The Hall–Kier alpha value is -1.42. The number of amides is 1. The zero-order valence-electron chi connectivity index (χ0n) is 10.8. The third-order valence-electron chi connectivity index (χ3n) is 3.48. The Morgan fingerprint density at radius 3 is 2.89 bits per heavy atom. The summed E-state index contributed by atoms with van der Waals surface area (Å²) in [4.78, 5) is 13.6. The van der Waals surface area contributed by atoms with E-state index in [2.05, 4.69) is 19.2 Å². The number of benzene rings is 1. The zero-order valence-corrected chi connectivity index (χ0v) is 10.8. The standard InChI is InChI=1S/C14H19FN2O/c1-3-10(2)9-17-13(18)8-16-14(17)11-6-4-5-7-12(11)15/h4-7,10,14,16H,3,8-9H2,1-2H3. The summed E-state index contributed by atoms with van der Waals surface area (Å²) in [5, 5.41) is 3.08. The van der Waals surface area contributed by atoms with Crippen LogP contribution in [0.3, 0.4) is 0 Å². The van der Waals surface area contributed by atoms with Crippen LogP contribution in [0.1, 0.15) is 32.0 Å². The molecule has 1 aromatic carbocycles. The smallest absolute Gasteiger partial charge is 0.238 e. The molecule has 0 spiro atoms. The lowest BCUT2D eigenvalue weighted by Gasteiger charge is -2.27. The second-order valence-electron chi connectivity index (χ2n) is 4.86. The number of nitrogens with one attached hydrogen (secondary N) is 1. The molecular formula is C14H19FN2O. The molecule has 2 unspecified atom stereocenters. The second-order valence-corrected chi connectivity index (χ2v) is 4.86. The van der Waals surface area contributed by atoms with Crippen molar-refractivity contribution in [1.82, 2.24) is 10.2 Å². The van der Waals surface area contributed by atoms with Gasteiger partial charge in [-0.05, 0) is 12.0 Å². The van der Waals surface area contributed by atoms with Gasteiger partial charge in [-0.15, -0.1) is 0 Å². The fourth-order valence-electron chi connectivity index (χ4n) is 2.19. The summed E-state index contributed by atoms with van der Waals surface area (Å²) < 4.78 is 13.8. The Morgan fingerprint density at radius 1 is 1.50 bits per heavy atom. The predicted octanol–water partition coefficient (Wildman–Crippen LogP) is 2.30. The third-order valence-corrected chi connectivity index (χ3v) is 3.48. The van der Waals surface area contributed by atoms with E-state index in [-0.39, 0.29) is 24.4 Å². The van der Waals surface area contributed by atoms with Crippen LogP contribution in [0.5, 0.6) is 0 Å². The molecule has 3 nitrogen and oxygen atoms in total. The highest BCUT2D eigenvalue weighted by Gasteiger charge is 2.33. The summed E-state index contributed by atoms with van der Waals surface area (Å²) in [5.74, 6) is 0.200. The molecule has 1 heterocycles. The maximum atomic E-state index is 13.8. The first kappa shape index (κ1) is 13.0. The number of nitrogens with zero attached hydrogens (tertiary/aromatic N) is 1. The Bertz CT molecular complexity index is 436. The van der Waals surface area contributed by atoms with Crippen LogP contribution in [0.15, 0.2) is 24.3 Å². The van der Waals surface area contributed by atoms with Gasteiger partial charge in [-0.25, -0.2) is 4.39 Å². The van der Waals surface area contributed by atoms with Gasteiger partial charge in [0.1, 0.15) is 12.0 Å². The summed E-state index contributed by atoms with van der Waals surface area (Å²) >= 11 is 0. The maximum Gasteiger partial charge on any atom is 0.238 e. The first-order valence-corrected chi connectivity index (χ1v) is 6.40. The molecule has 0 aromatic heterocycles. The SMILES string of the molecule is CCC(C)CN1C(=O)CNC1c1ccccc1F. The predicted molar refractivity (Wildman–Crippen MR) is 68.3 cm³/mol. The summed E-state index contributed by atoms with van der Waals surface area (Å²) in [6.45, 7) is 5.15. The van der Waals surface area contributed by atoms with E-state index >= 15 is 0 Å². The lowest BCUT2D eigenvalue weighted by Crippen LogP contribution is -2.34. The van der Waals surface area contributed by atoms with Gasteiger partial charge in [0, 0.05) is 12.1 Å². The van der Waals surface area contributed by atoms with Crippen LogP contribution in [0, 0.1) is 11.7 Å². The monoisotopic (exact) mass is 250 g/mol. The largest absolute Gasteiger partial charge is 0.321 e. The Labute approximate surface area is 107 Å². The number of carbonyl (C=O) groups excluding carboxylic acids is 1. The molecule has 0 radical (unpaired) electrons. The summed E-state index contributed by atoms with van der Waals surface area (Å²) in [6, 6.07) is 6.62. The van der Waals surface area contributed by atoms with Crippen LogP contribution >= 0.6 is 0 Å². The lowest BCUT2D eigenvalue weighted by atomic mass is 10.1. The van der Waals surface area contributed by atoms with Crippen molar-refractivity contribution in [3.8, 4) is 0 Å². The highest BCUT2D eigenvalue weighted by atomic mass is 19.1. The molecule has 1 aromatic rings. The van der Waals surface area contributed by atoms with Crippen LogP contribution in [0.4, 0.5) is 4.39 Å². The molecule has 0 aliphatic carbocycles. The van der Waals surface area contributed by atoms with Crippen molar-refractivity contribution in [2.75, 3.05) is 13.1 Å². The highest BCUT2D eigenvalue weighted by molar-refractivity contribution is 5.81. The first-order valence-electron chi connectivity index (χ1n) is 6.40. The van der Waals surface area contributed by atoms with Crippen LogP contribution in [-0.2, 0) is 4.79 Å². The minimum Gasteiger partial charge on any atom is -0.321 e. The summed E-state index contributed by atoms with van der Waals surface area (Å²) in [5.41, 5.74) is 0.548. The maximum absolute atomic E-state index is 13.8. The first-order chi connectivity index (χ1) is 8.63. The Kier molecular flexibility index (Phi) is 3.97. The van der Waals surface area contributed by atoms with Gasteiger partial charge in [0.15, 0.2) is 0 Å². The average Bonchev–Trinajstić information content (AvgIpc) is 2.72. The molecule has 18 heavy (non-hydrogen) atoms. The van der Waals surface area contributed by atoms with E-state index in [1.807, 2.05) is 0 Å². The molecule has 0 bridgehead atoms. The molecule has 0 saturated carbocycles. The molecule has 98 valence electrons. The van der Waals surface area contributed by atoms with E-state index < -0.39 is 0 Å². The minimum atomic E-state index is -0.326. The molecular weight excluding hydrogens is 231 g/mol. The van der Waals surface area contributed by atoms with Crippen molar-refractivity contribution in [3.63, 3.8) is 0 Å². The van der Waals surface area contributed by atoms with Crippen molar-refractivity contribution >= 4 is 5.91 Å². The van der Waals surface area contributed by atoms with E-state index in [1.165, 1.54) is 6.07 Å². The molecule has 2 rings (SSSR count). The van der Waals surface area contributed by atoms with Gasteiger partial charge in [-0.1, -0.05) is 38.5 Å². The van der Waals surface area contributed by atoms with E-state index in [0.717, 1.165) is 6.42 Å². The molecule has 1 amide bonds. The lowest BCUT2D eigenvalue weighted by molar-refractivity contribution is -0.128. The number of hydrogen-bond acceptors (Lipinski definition) is 2. The van der Waals surface area contributed by atoms with Gasteiger partial charge in [0.05, 0.1) is 6.54 Å². The molecule has 1 N–H and O–H groups in total. The quantitative estimate of drug-likeness (QED) is 0.889. The fourth-order valence-corrected chi connectivity index (χ4v) is 2.19. The van der Waals surface area contributed by atoms with Crippen molar-refractivity contribution in [3.05, 3.63) is 35.6 Å². The number of halogens is 1. The van der Waals surface area contributed by atoms with Gasteiger partial charge in [0.25, 0.3) is 0 Å². The average molecular weight is 250 g/mol. The van der Waals surface area contributed by atoms with Crippen LogP contribution in [-0.4, -0.2) is 23.9 Å². The van der Waals surface area contributed by atoms with E-state index in [1.54, 1.807) is 23.1 Å². The number of rotatable bonds is 4. The Balaban J connectivity index is 2.21. The fraction of sp³-hybridized carbons (Fsp3) is 0.500. The molecule has 1 aliphatic heterocycles. The van der Waals surface area contributed by atoms with E-state index in [0.29, 0.717) is 18.0 Å². The molecule has 2 atom stereocenters. The molecule has 1 aliphatic rings. The number of hydrogen-bond donors (Lipinski definition) is 1. The normalized spacial score (nSPS) is 21.4. The highest BCUT2D eigenvalue weighted by Crippen LogP contribution is 2.25. The molecule has 1 fully saturated rings. The molecule has 4 heteroatoms. The van der Waals surface area contributed by atoms with Gasteiger partial charge in [-0.3, -0.25) is 10.1 Å². The van der Waals surface area contributed by atoms with Crippen LogP contribution < -0.4 is 5.32 Å².